The number of amides is 1. The highest BCUT2D eigenvalue weighted by Gasteiger charge is 2.39. The second-order valence-corrected chi connectivity index (χ2v) is 5.35. The molecule has 0 aromatic carbocycles. The van der Waals surface area contributed by atoms with Gasteiger partial charge in [-0.15, -0.1) is 0 Å². The fourth-order valence-corrected chi connectivity index (χ4v) is 2.81. The van der Waals surface area contributed by atoms with E-state index in [0.29, 0.717) is 6.61 Å². The van der Waals surface area contributed by atoms with Crippen molar-refractivity contribution >= 4 is 11.9 Å². The molecular weight excluding hydrogens is 248 g/mol. The Hall–Kier alpha value is -1.14. The van der Waals surface area contributed by atoms with E-state index in [4.69, 9.17) is 9.84 Å². The summed E-state index contributed by atoms with van der Waals surface area (Å²) in [6.45, 7) is 1.36. The summed E-state index contributed by atoms with van der Waals surface area (Å²) in [5.74, 6) is -1.51. The van der Waals surface area contributed by atoms with Crippen LogP contribution in [0.2, 0.25) is 0 Å². The summed E-state index contributed by atoms with van der Waals surface area (Å²) in [4.78, 5) is 25.1. The highest BCUT2D eigenvalue weighted by Crippen LogP contribution is 2.21. The van der Waals surface area contributed by atoms with Crippen molar-refractivity contribution in [3.8, 4) is 0 Å². The molecule has 0 aliphatic carbocycles. The Kier molecular flexibility index (Phi) is 4.76. The van der Waals surface area contributed by atoms with Crippen LogP contribution in [0.3, 0.4) is 0 Å². The van der Waals surface area contributed by atoms with E-state index in [1.165, 1.54) is 0 Å². The molecule has 2 fully saturated rings. The Morgan fingerprint density at radius 1 is 1.26 bits per heavy atom. The van der Waals surface area contributed by atoms with Gasteiger partial charge in [0.2, 0.25) is 5.91 Å². The van der Waals surface area contributed by atoms with E-state index >= 15 is 0 Å². The molecule has 3 atom stereocenters. The van der Waals surface area contributed by atoms with Gasteiger partial charge in [0.15, 0.2) is 0 Å². The Balaban J connectivity index is 1.99. The minimum atomic E-state index is -0.893. The van der Waals surface area contributed by atoms with Crippen molar-refractivity contribution in [2.24, 2.45) is 5.92 Å². The number of rotatable bonds is 3. The third-order valence-corrected chi connectivity index (χ3v) is 4.07. The van der Waals surface area contributed by atoms with Crippen LogP contribution in [0.4, 0.5) is 0 Å². The lowest BCUT2D eigenvalue weighted by Gasteiger charge is -2.30. The molecule has 2 rings (SSSR count). The van der Waals surface area contributed by atoms with Gasteiger partial charge in [-0.05, 0) is 19.4 Å². The van der Waals surface area contributed by atoms with Gasteiger partial charge in [-0.1, -0.05) is 12.8 Å². The summed E-state index contributed by atoms with van der Waals surface area (Å²) >= 11 is 0. The van der Waals surface area contributed by atoms with Gasteiger partial charge in [-0.3, -0.25) is 9.59 Å². The van der Waals surface area contributed by atoms with Gasteiger partial charge in [0.25, 0.3) is 0 Å². The highest BCUT2D eigenvalue weighted by atomic mass is 16.5. The van der Waals surface area contributed by atoms with Crippen LogP contribution in [-0.4, -0.2) is 60.8 Å². The zero-order valence-electron chi connectivity index (χ0n) is 11.3. The largest absolute Gasteiger partial charge is 0.481 e. The maximum absolute atomic E-state index is 12.4. The molecule has 6 heteroatoms. The second kappa shape index (κ2) is 6.34. The standard InChI is InChI=1S/C13H22N2O4/c1-15(11-8-19-7-9(11)13(17)18)12(16)10-5-3-2-4-6-14-10/h9-11,14H,2-8H2,1H3,(H,17,18). The number of carboxylic acid groups (broad SMARTS) is 1. The lowest BCUT2D eigenvalue weighted by atomic mass is 10.0. The number of nitrogens with one attached hydrogen (secondary N) is 1. The Morgan fingerprint density at radius 2 is 2.05 bits per heavy atom. The SMILES string of the molecule is CN(C(=O)C1CCCCCN1)C1COCC1C(=O)O. The molecule has 3 unspecified atom stereocenters. The average Bonchev–Trinajstić information content (AvgIpc) is 2.73. The predicted molar refractivity (Wildman–Crippen MR) is 68.8 cm³/mol. The molecule has 0 aromatic rings. The van der Waals surface area contributed by atoms with Crippen molar-refractivity contribution in [3.63, 3.8) is 0 Å². The lowest BCUT2D eigenvalue weighted by Crippen LogP contribution is -2.51. The number of carbonyl (C=O) groups excluding carboxylic acids is 1. The van der Waals surface area contributed by atoms with E-state index in [2.05, 4.69) is 5.32 Å². The van der Waals surface area contributed by atoms with Crippen molar-refractivity contribution in [1.29, 1.82) is 0 Å². The molecule has 6 nitrogen and oxygen atoms in total. The molecule has 19 heavy (non-hydrogen) atoms. The van der Waals surface area contributed by atoms with Crippen LogP contribution >= 0.6 is 0 Å². The van der Waals surface area contributed by atoms with E-state index in [0.717, 1.165) is 32.2 Å². The molecule has 1 amide bonds. The number of likely N-dealkylation sites (N-methyl/N-ethyl adjacent to an activating group) is 1. The van der Waals surface area contributed by atoms with E-state index in [-0.39, 0.29) is 24.6 Å². The van der Waals surface area contributed by atoms with Crippen molar-refractivity contribution < 1.29 is 19.4 Å². The summed E-state index contributed by atoms with van der Waals surface area (Å²) in [5.41, 5.74) is 0. The number of carboxylic acids is 1. The van der Waals surface area contributed by atoms with Crippen molar-refractivity contribution in [3.05, 3.63) is 0 Å². The molecule has 2 aliphatic rings. The molecule has 0 spiro atoms. The fraction of sp³-hybridized carbons (Fsp3) is 0.846. The van der Waals surface area contributed by atoms with Crippen LogP contribution in [0.1, 0.15) is 25.7 Å². The van der Waals surface area contributed by atoms with E-state index in [9.17, 15) is 9.59 Å². The smallest absolute Gasteiger partial charge is 0.311 e. The zero-order valence-corrected chi connectivity index (χ0v) is 11.3. The van der Waals surface area contributed by atoms with E-state index < -0.39 is 11.9 Å². The van der Waals surface area contributed by atoms with Gasteiger partial charge >= 0.3 is 5.97 Å². The molecule has 0 bridgehead atoms. The van der Waals surface area contributed by atoms with Gasteiger partial charge in [0.05, 0.1) is 25.3 Å². The number of hydrogen-bond donors (Lipinski definition) is 2. The van der Waals surface area contributed by atoms with Crippen LogP contribution in [0, 0.1) is 5.92 Å². The third-order valence-electron chi connectivity index (χ3n) is 4.07. The monoisotopic (exact) mass is 270 g/mol. The summed E-state index contributed by atoms with van der Waals surface area (Å²) in [6.07, 6.45) is 4.11. The predicted octanol–water partition coefficient (Wildman–Crippen LogP) is 0.0766. The van der Waals surface area contributed by atoms with Gasteiger partial charge in [-0.25, -0.2) is 0 Å². The number of carbonyl (C=O) groups is 2. The van der Waals surface area contributed by atoms with Gasteiger partial charge in [0, 0.05) is 7.05 Å². The van der Waals surface area contributed by atoms with Crippen LogP contribution < -0.4 is 5.32 Å². The first-order chi connectivity index (χ1) is 9.11. The van der Waals surface area contributed by atoms with Crippen LogP contribution in [0.5, 0.6) is 0 Å². The lowest BCUT2D eigenvalue weighted by molar-refractivity contribution is -0.145. The van der Waals surface area contributed by atoms with E-state index in [1.807, 2.05) is 0 Å². The highest BCUT2D eigenvalue weighted by molar-refractivity contribution is 5.83. The molecule has 0 saturated carbocycles. The molecule has 2 heterocycles. The summed E-state index contributed by atoms with van der Waals surface area (Å²) < 4.78 is 5.22. The van der Waals surface area contributed by atoms with Crippen LogP contribution in [-0.2, 0) is 14.3 Å². The minimum Gasteiger partial charge on any atom is -0.481 e. The van der Waals surface area contributed by atoms with Gasteiger partial charge < -0.3 is 20.1 Å². The van der Waals surface area contributed by atoms with Crippen molar-refractivity contribution in [1.82, 2.24) is 10.2 Å². The molecule has 0 radical (unpaired) electrons. The number of aliphatic carboxylic acids is 1. The summed E-state index contributed by atoms with van der Waals surface area (Å²) in [7, 11) is 1.68. The summed E-state index contributed by atoms with van der Waals surface area (Å²) in [5, 5.41) is 12.4. The first-order valence-corrected chi connectivity index (χ1v) is 6.92. The zero-order chi connectivity index (χ0) is 13.8. The van der Waals surface area contributed by atoms with Crippen molar-refractivity contribution in [2.75, 3.05) is 26.8 Å². The fourth-order valence-electron chi connectivity index (χ4n) is 2.81. The van der Waals surface area contributed by atoms with Crippen LogP contribution in [0.25, 0.3) is 0 Å². The first-order valence-electron chi connectivity index (χ1n) is 6.92. The molecule has 2 N–H and O–H groups in total. The summed E-state index contributed by atoms with van der Waals surface area (Å²) in [6, 6.07) is -0.530. The number of hydrogen-bond acceptors (Lipinski definition) is 4. The Bertz CT molecular complexity index is 340. The first kappa shape index (κ1) is 14.3. The molecule has 2 aliphatic heterocycles. The quantitative estimate of drug-likeness (QED) is 0.759. The maximum Gasteiger partial charge on any atom is 0.311 e. The van der Waals surface area contributed by atoms with Gasteiger partial charge in [-0.2, -0.15) is 0 Å². The Morgan fingerprint density at radius 3 is 2.79 bits per heavy atom. The van der Waals surface area contributed by atoms with Gasteiger partial charge in [0.1, 0.15) is 5.92 Å². The number of ether oxygens (including phenoxy) is 1. The molecule has 0 aromatic heterocycles. The normalized spacial score (nSPS) is 31.7. The van der Waals surface area contributed by atoms with Crippen molar-refractivity contribution in [2.45, 2.75) is 37.8 Å². The number of nitrogens with zero attached hydrogens (tertiary/aromatic N) is 1. The topological polar surface area (TPSA) is 78.9 Å². The molecule has 108 valence electrons. The molecular formula is C13H22N2O4. The third kappa shape index (κ3) is 3.25. The van der Waals surface area contributed by atoms with E-state index in [1.54, 1.807) is 11.9 Å². The average molecular weight is 270 g/mol. The maximum atomic E-state index is 12.4. The Labute approximate surface area is 113 Å². The molecule has 2 saturated heterocycles. The second-order valence-electron chi connectivity index (χ2n) is 5.35. The minimum absolute atomic E-state index is 0.0105. The van der Waals surface area contributed by atoms with Crippen LogP contribution in [0.15, 0.2) is 0 Å².